The number of ketones is 1. The summed E-state index contributed by atoms with van der Waals surface area (Å²) in [5, 5.41) is 9.05. The zero-order valence-corrected chi connectivity index (χ0v) is 43.2. The molecule has 374 valence electrons. The molecule has 0 spiro atoms. The molecule has 3 aliphatic carbocycles. The van der Waals surface area contributed by atoms with Crippen LogP contribution >= 0.6 is 0 Å². The number of rotatable bonds is 4. The molecule has 9 aromatic carbocycles. The van der Waals surface area contributed by atoms with Crippen LogP contribution in [0.25, 0.3) is 77.3 Å². The van der Waals surface area contributed by atoms with Crippen molar-refractivity contribution in [3.63, 3.8) is 0 Å². The number of allylic oxidation sites excluding steroid dienone is 3. The molecule has 17 rings (SSSR count). The predicted octanol–water partition coefficient (Wildman–Crippen LogP) is 15.5. The lowest BCUT2D eigenvalue weighted by Crippen LogP contribution is -2.39. The van der Waals surface area contributed by atoms with E-state index >= 15 is 4.79 Å². The van der Waals surface area contributed by atoms with Gasteiger partial charge in [-0.05, 0) is 119 Å². The first-order valence-electron chi connectivity index (χ1n) is 27.7. The molecule has 1 saturated carbocycles. The van der Waals surface area contributed by atoms with E-state index in [-0.39, 0.29) is 17.8 Å². The Morgan fingerprint density at radius 2 is 1.10 bits per heavy atom. The van der Waals surface area contributed by atoms with Gasteiger partial charge in [0.25, 0.3) is 0 Å². The molecule has 7 heteroatoms. The third kappa shape index (κ3) is 6.50. The van der Waals surface area contributed by atoms with E-state index in [1.807, 2.05) is 0 Å². The number of benzene rings is 9. The minimum atomic E-state index is -0.133. The van der Waals surface area contributed by atoms with Crippen LogP contribution in [0.1, 0.15) is 37.8 Å². The van der Waals surface area contributed by atoms with Crippen molar-refractivity contribution in [1.82, 2.24) is 18.7 Å². The maximum Gasteiger partial charge on any atom is 0.236 e. The number of anilines is 3. The number of para-hydroxylation sites is 8. The van der Waals surface area contributed by atoms with Crippen molar-refractivity contribution in [2.75, 3.05) is 4.90 Å². The smallest absolute Gasteiger partial charge is 0.236 e. The first-order chi connectivity index (χ1) is 39.1. The highest BCUT2D eigenvalue weighted by molar-refractivity contribution is 6.13. The van der Waals surface area contributed by atoms with Gasteiger partial charge in [0, 0.05) is 80.3 Å². The van der Waals surface area contributed by atoms with Crippen LogP contribution in [0.5, 0.6) is 0 Å². The molecular formula is C72H50N5O2+. The van der Waals surface area contributed by atoms with Crippen molar-refractivity contribution in [2.24, 2.45) is 5.92 Å². The van der Waals surface area contributed by atoms with Crippen LogP contribution in [0.15, 0.2) is 242 Å². The molecule has 5 aliphatic rings. The van der Waals surface area contributed by atoms with Gasteiger partial charge in [-0.15, -0.1) is 4.58 Å². The molecule has 7 nitrogen and oxygen atoms in total. The van der Waals surface area contributed by atoms with Gasteiger partial charge in [0.2, 0.25) is 16.7 Å². The van der Waals surface area contributed by atoms with Crippen LogP contribution in [0.3, 0.4) is 0 Å². The van der Waals surface area contributed by atoms with Crippen molar-refractivity contribution in [2.45, 2.75) is 38.2 Å². The fourth-order valence-electron chi connectivity index (χ4n) is 14.1. The Kier molecular flexibility index (Phi) is 9.57. The first kappa shape index (κ1) is 44.3. The van der Waals surface area contributed by atoms with Gasteiger partial charge in [0.1, 0.15) is 23.2 Å². The Labute approximate surface area is 455 Å². The zero-order valence-electron chi connectivity index (χ0n) is 43.2. The molecule has 2 unspecified atom stereocenters. The van der Waals surface area contributed by atoms with Crippen LogP contribution in [0, 0.1) is 16.4 Å². The molecule has 0 N–H and O–H groups in total. The van der Waals surface area contributed by atoms with Crippen molar-refractivity contribution < 1.29 is 9.53 Å². The fraction of sp³-hybridized carbons (Fsp3) is 0.0972. The van der Waals surface area contributed by atoms with E-state index in [0.29, 0.717) is 12.2 Å². The topological polar surface area (TPSA) is 55.3 Å². The SMILES string of the molecule is O=C1C2=C(C=C3C(=c4cc(-n5c6ccccc6c6ccccc65)ccc4=c4cc5c(cc4-c4cc(-n6c7ccccc7c7ccccc76)cnc43)=[N+](c3ccccc3)c3ccccc3N5c3ccccc3)C2)OC2CCCCC12. The third-order valence-electron chi connectivity index (χ3n) is 17.6. The molecule has 0 amide bonds. The average molecular weight is 1020 g/mol. The zero-order chi connectivity index (χ0) is 51.9. The second-order valence-electron chi connectivity index (χ2n) is 21.7. The molecule has 1 fully saturated rings. The molecule has 0 radical (unpaired) electrons. The summed E-state index contributed by atoms with van der Waals surface area (Å²) in [5.41, 5.74) is 17.6. The number of ether oxygens (including phenoxy) is 1. The van der Waals surface area contributed by atoms with Crippen molar-refractivity contribution in [1.29, 1.82) is 0 Å². The second-order valence-corrected chi connectivity index (χ2v) is 21.7. The van der Waals surface area contributed by atoms with Gasteiger partial charge >= 0.3 is 0 Å². The number of carbonyl (C=O) groups excluding carboxylic acids is 1. The lowest BCUT2D eigenvalue weighted by atomic mass is 9.75. The quantitative estimate of drug-likeness (QED) is 0.165. The van der Waals surface area contributed by atoms with E-state index < -0.39 is 0 Å². The molecule has 2 aliphatic heterocycles. The largest absolute Gasteiger partial charge is 0.489 e. The second kappa shape index (κ2) is 17.1. The summed E-state index contributed by atoms with van der Waals surface area (Å²) in [4.78, 5) is 23.2. The number of fused-ring (bicyclic) bond motifs is 15. The normalized spacial score (nSPS) is 17.2. The Morgan fingerprint density at radius 1 is 0.494 bits per heavy atom. The standard InChI is InChI=1S/C72H50N5O2/c78-72-53-27-11-18-34-69(53)79-70-42-59-55(39-60(70)72)54-37-46(76-61-28-12-7-23-49(61)50-24-8-13-29-62(50)76)35-36-48(54)56-40-67-68(75(45-21-5-2-6-22-45)66-33-17-16-32-65(66)74(67)44-19-3-1-4-20-44)41-57(56)58-38-47(43-73-71(58)59)77-63-30-14-9-25-51(63)52-26-10-15-31-64(52)77/h1-10,12-17,19-26,28-33,35-38,40-43,53,69H,11,18,27,34,39H2/q+1. The van der Waals surface area contributed by atoms with Crippen LogP contribution in [-0.2, 0) is 9.53 Å². The number of carbonyl (C=O) groups is 1. The monoisotopic (exact) mass is 1020 g/mol. The van der Waals surface area contributed by atoms with E-state index in [4.69, 9.17) is 9.72 Å². The molecule has 2 atom stereocenters. The highest BCUT2D eigenvalue weighted by Gasteiger charge is 2.42. The van der Waals surface area contributed by atoms with Crippen LogP contribution < -0.4 is 20.1 Å². The number of hydrogen-bond acceptors (Lipinski definition) is 4. The Hall–Kier alpha value is -9.85. The van der Waals surface area contributed by atoms with Gasteiger partial charge in [-0.25, -0.2) is 0 Å². The van der Waals surface area contributed by atoms with Gasteiger partial charge in [0.05, 0.1) is 45.6 Å². The van der Waals surface area contributed by atoms with Crippen molar-refractivity contribution in [3.05, 3.63) is 269 Å². The lowest BCUT2D eigenvalue weighted by molar-refractivity contribution is -0.127. The number of hydrogen-bond donors (Lipinski definition) is 0. The number of aromatic nitrogens is 3. The number of pyridine rings is 1. The first-order valence-corrected chi connectivity index (χ1v) is 27.7. The summed E-state index contributed by atoms with van der Waals surface area (Å²) < 4.78 is 14.3. The Bertz CT molecular complexity index is 4840. The molecule has 0 bridgehead atoms. The average Bonchev–Trinajstić information content (AvgIpc) is 4.02. The summed E-state index contributed by atoms with van der Waals surface area (Å²) in [6.45, 7) is 0. The minimum Gasteiger partial charge on any atom is -0.489 e. The maximum atomic E-state index is 15.1. The summed E-state index contributed by atoms with van der Waals surface area (Å²) in [6, 6.07) is 79.3. The highest BCUT2D eigenvalue weighted by atomic mass is 16.5. The highest BCUT2D eigenvalue weighted by Crippen LogP contribution is 2.48. The Balaban J connectivity index is 1.07. The summed E-state index contributed by atoms with van der Waals surface area (Å²) in [7, 11) is 0. The van der Waals surface area contributed by atoms with Gasteiger partial charge < -0.3 is 13.9 Å². The Morgan fingerprint density at radius 3 is 1.80 bits per heavy atom. The summed E-state index contributed by atoms with van der Waals surface area (Å²) in [6.07, 6.45) is 8.39. The van der Waals surface area contributed by atoms with E-state index in [1.54, 1.807) is 0 Å². The van der Waals surface area contributed by atoms with E-state index in [9.17, 15) is 0 Å². The molecule has 0 saturated heterocycles. The van der Waals surface area contributed by atoms with Gasteiger partial charge in [-0.1, -0.05) is 134 Å². The minimum absolute atomic E-state index is 0.127. The van der Waals surface area contributed by atoms with Gasteiger partial charge in [0.15, 0.2) is 5.78 Å². The lowest BCUT2D eigenvalue weighted by Gasteiger charge is -2.38. The maximum absolute atomic E-state index is 15.1. The number of Topliss-reactive ketones (excluding diaryl/α,β-unsaturated/α-hetero) is 1. The molecule has 12 aromatic rings. The van der Waals surface area contributed by atoms with Crippen LogP contribution in [0.2, 0.25) is 0 Å². The molecule has 5 heterocycles. The fourth-order valence-corrected chi connectivity index (χ4v) is 14.1. The van der Waals surface area contributed by atoms with Crippen molar-refractivity contribution in [3.8, 4) is 22.5 Å². The van der Waals surface area contributed by atoms with E-state index in [1.165, 1.54) is 21.5 Å². The molecule has 3 aromatic heterocycles. The van der Waals surface area contributed by atoms with Crippen LogP contribution in [-0.4, -0.2) is 26.0 Å². The predicted molar refractivity (Wildman–Crippen MR) is 318 cm³/mol. The summed E-state index contributed by atoms with van der Waals surface area (Å²) >= 11 is 0. The summed E-state index contributed by atoms with van der Waals surface area (Å²) in [5.74, 6) is 0.798. The van der Waals surface area contributed by atoms with Gasteiger partial charge in [-0.3, -0.25) is 14.7 Å². The van der Waals surface area contributed by atoms with E-state index in [2.05, 4.69) is 249 Å². The van der Waals surface area contributed by atoms with E-state index in [0.717, 1.165) is 142 Å². The third-order valence-corrected chi connectivity index (χ3v) is 17.6. The molecule has 79 heavy (non-hydrogen) atoms. The van der Waals surface area contributed by atoms with Gasteiger partial charge in [-0.2, -0.15) is 0 Å². The molecular weight excluding hydrogens is 967 g/mol. The van der Waals surface area contributed by atoms with Crippen molar-refractivity contribution >= 4 is 89.0 Å². The number of nitrogens with zero attached hydrogens (tertiary/aromatic N) is 5. The van der Waals surface area contributed by atoms with Crippen LogP contribution in [0.4, 0.5) is 28.4 Å².